The van der Waals surface area contributed by atoms with E-state index >= 15 is 0 Å². The molecule has 6 nitrogen and oxygen atoms in total. The number of rotatable bonds is 3. The molecule has 1 atom stereocenters. The molecule has 4 rings (SSSR count). The number of benzene rings is 1. The molecule has 3 heterocycles. The van der Waals surface area contributed by atoms with Crippen LogP contribution in [0.2, 0.25) is 10.0 Å². The molecule has 0 saturated carbocycles. The van der Waals surface area contributed by atoms with Crippen LogP contribution in [0, 0.1) is 6.92 Å². The molecule has 1 fully saturated rings. The van der Waals surface area contributed by atoms with Crippen molar-refractivity contribution in [2.75, 3.05) is 13.1 Å². The van der Waals surface area contributed by atoms with Crippen LogP contribution in [0.5, 0.6) is 5.88 Å². The molecule has 1 aliphatic heterocycles. The molecule has 0 spiro atoms. The molecule has 0 aliphatic carbocycles. The summed E-state index contributed by atoms with van der Waals surface area (Å²) in [5.41, 5.74) is 0.937. The number of aliphatic hydroxyl groups excluding tert-OH is 1. The van der Waals surface area contributed by atoms with Gasteiger partial charge in [-0.25, -0.2) is 4.98 Å². The van der Waals surface area contributed by atoms with Gasteiger partial charge in [-0.2, -0.15) is 4.52 Å². The van der Waals surface area contributed by atoms with Crippen molar-refractivity contribution < 1.29 is 10.2 Å². The molecule has 2 aromatic heterocycles. The first-order chi connectivity index (χ1) is 12.4. The van der Waals surface area contributed by atoms with Gasteiger partial charge in [0.1, 0.15) is 5.82 Å². The minimum absolute atomic E-state index is 0.0906. The van der Waals surface area contributed by atoms with E-state index in [0.29, 0.717) is 33.7 Å². The van der Waals surface area contributed by atoms with E-state index in [2.05, 4.69) is 15.0 Å². The highest BCUT2D eigenvalue weighted by atomic mass is 35.5. The van der Waals surface area contributed by atoms with Crippen LogP contribution in [0.25, 0.3) is 4.96 Å². The number of fused-ring (bicyclic) bond motifs is 1. The van der Waals surface area contributed by atoms with E-state index in [1.165, 1.54) is 15.9 Å². The van der Waals surface area contributed by atoms with Crippen molar-refractivity contribution in [3.05, 3.63) is 44.5 Å². The zero-order chi connectivity index (χ0) is 18.4. The molecule has 9 heteroatoms. The van der Waals surface area contributed by atoms with Crippen LogP contribution >= 0.6 is 34.5 Å². The van der Waals surface area contributed by atoms with Crippen molar-refractivity contribution in [2.45, 2.75) is 31.9 Å². The van der Waals surface area contributed by atoms with Gasteiger partial charge in [-0.3, -0.25) is 4.90 Å². The fourth-order valence-corrected chi connectivity index (χ4v) is 4.85. The lowest BCUT2D eigenvalue weighted by Gasteiger charge is -2.36. The predicted molar refractivity (Wildman–Crippen MR) is 102 cm³/mol. The van der Waals surface area contributed by atoms with Gasteiger partial charge in [-0.1, -0.05) is 40.6 Å². The molecule has 0 radical (unpaired) electrons. The second-order valence-electron chi connectivity index (χ2n) is 6.49. The Labute approximate surface area is 164 Å². The fraction of sp³-hybridized carbons (Fsp3) is 0.412. The third-order valence-electron chi connectivity index (χ3n) is 4.68. The molecule has 1 saturated heterocycles. The predicted octanol–water partition coefficient (Wildman–Crippen LogP) is 3.66. The van der Waals surface area contributed by atoms with Crippen molar-refractivity contribution in [3.8, 4) is 5.88 Å². The van der Waals surface area contributed by atoms with Crippen molar-refractivity contribution in [1.82, 2.24) is 19.5 Å². The fourth-order valence-electron chi connectivity index (χ4n) is 3.38. The number of hydrogen-bond acceptors (Lipinski definition) is 6. The van der Waals surface area contributed by atoms with Gasteiger partial charge in [0.15, 0.2) is 0 Å². The first-order valence-electron chi connectivity index (χ1n) is 8.36. The Morgan fingerprint density at radius 2 is 1.96 bits per heavy atom. The smallest absolute Gasteiger partial charge is 0.230 e. The lowest BCUT2D eigenvalue weighted by atomic mass is 9.99. The Morgan fingerprint density at radius 3 is 2.62 bits per heavy atom. The van der Waals surface area contributed by atoms with Crippen LogP contribution in [-0.4, -0.2) is 48.9 Å². The number of halogens is 2. The summed E-state index contributed by atoms with van der Waals surface area (Å²) >= 11 is 13.7. The van der Waals surface area contributed by atoms with Gasteiger partial charge in [-0.15, -0.1) is 5.10 Å². The molecular formula is C17H18Cl2N4O2S. The normalized spacial score (nSPS) is 17.8. The number of thiazole rings is 1. The minimum atomic E-state index is -0.278. The van der Waals surface area contributed by atoms with Gasteiger partial charge in [0.2, 0.25) is 10.8 Å². The van der Waals surface area contributed by atoms with Crippen LogP contribution in [0.3, 0.4) is 0 Å². The number of aliphatic hydroxyl groups is 1. The van der Waals surface area contributed by atoms with Gasteiger partial charge in [-0.05, 0) is 37.5 Å². The van der Waals surface area contributed by atoms with Crippen LogP contribution in [0.1, 0.15) is 35.1 Å². The summed E-state index contributed by atoms with van der Waals surface area (Å²) in [6.07, 6.45) is 1.11. The summed E-state index contributed by atoms with van der Waals surface area (Å²) < 4.78 is 1.47. The van der Waals surface area contributed by atoms with Crippen LogP contribution in [0.15, 0.2) is 18.2 Å². The Kier molecular flexibility index (Phi) is 4.83. The second-order valence-corrected chi connectivity index (χ2v) is 8.31. The summed E-state index contributed by atoms with van der Waals surface area (Å²) in [5, 5.41) is 25.9. The van der Waals surface area contributed by atoms with E-state index in [9.17, 15) is 10.2 Å². The maximum atomic E-state index is 10.8. The number of likely N-dealkylation sites (tertiary alicyclic amines) is 1. The lowest BCUT2D eigenvalue weighted by molar-refractivity contribution is 0.0689. The SMILES string of the molecule is Cc1nc2sc([C@@H](c3ccc(Cl)c(Cl)c3)N3CCC(O)CC3)c(O)n2n1. The summed E-state index contributed by atoms with van der Waals surface area (Å²) in [6.45, 7) is 3.23. The quantitative estimate of drug-likeness (QED) is 0.686. The Balaban J connectivity index is 1.82. The maximum absolute atomic E-state index is 10.8. The number of aromatic hydroxyl groups is 1. The highest BCUT2D eigenvalue weighted by molar-refractivity contribution is 7.17. The Hall–Kier alpha value is -1.38. The largest absolute Gasteiger partial charge is 0.492 e. The number of piperidine rings is 1. The number of aromatic nitrogens is 3. The van der Waals surface area contributed by atoms with E-state index in [0.717, 1.165) is 23.5 Å². The molecule has 3 aromatic rings. The van der Waals surface area contributed by atoms with Gasteiger partial charge in [0.05, 0.1) is 27.1 Å². The minimum Gasteiger partial charge on any atom is -0.492 e. The van der Waals surface area contributed by atoms with Gasteiger partial charge in [0.25, 0.3) is 0 Å². The van der Waals surface area contributed by atoms with Crippen LogP contribution in [0.4, 0.5) is 0 Å². The van der Waals surface area contributed by atoms with E-state index < -0.39 is 0 Å². The third-order valence-corrected chi connectivity index (χ3v) is 6.49. The first kappa shape index (κ1) is 18.0. The van der Waals surface area contributed by atoms with Gasteiger partial charge >= 0.3 is 0 Å². The van der Waals surface area contributed by atoms with Crippen molar-refractivity contribution in [3.63, 3.8) is 0 Å². The average molecular weight is 413 g/mol. The number of nitrogens with zero attached hydrogens (tertiary/aromatic N) is 4. The van der Waals surface area contributed by atoms with E-state index in [1.807, 2.05) is 12.1 Å². The van der Waals surface area contributed by atoms with Gasteiger partial charge in [0, 0.05) is 13.1 Å². The maximum Gasteiger partial charge on any atom is 0.230 e. The number of hydrogen-bond donors (Lipinski definition) is 2. The second kappa shape index (κ2) is 6.98. The molecule has 0 unspecified atom stereocenters. The summed E-state index contributed by atoms with van der Waals surface area (Å²) in [5.74, 6) is 0.707. The molecular weight excluding hydrogens is 395 g/mol. The standard InChI is InChI=1S/C17H18Cl2N4O2S/c1-9-20-17-23(21-9)16(25)15(26-17)14(22-6-4-11(24)5-7-22)10-2-3-12(18)13(19)8-10/h2-3,8,11,14,24-25H,4-7H2,1H3/t14-/m1/s1. The zero-order valence-electron chi connectivity index (χ0n) is 14.1. The highest BCUT2D eigenvalue weighted by Gasteiger charge is 2.32. The topological polar surface area (TPSA) is 73.9 Å². The molecule has 26 heavy (non-hydrogen) atoms. The molecule has 138 valence electrons. The van der Waals surface area contributed by atoms with Crippen LogP contribution in [-0.2, 0) is 0 Å². The van der Waals surface area contributed by atoms with Gasteiger partial charge < -0.3 is 10.2 Å². The molecule has 0 amide bonds. The van der Waals surface area contributed by atoms with Crippen molar-refractivity contribution >= 4 is 39.5 Å². The Bertz CT molecular complexity index is 950. The monoisotopic (exact) mass is 412 g/mol. The number of aryl methyl sites for hydroxylation is 1. The third kappa shape index (κ3) is 3.18. The first-order valence-corrected chi connectivity index (χ1v) is 9.93. The lowest BCUT2D eigenvalue weighted by Crippen LogP contribution is -2.38. The van der Waals surface area contributed by atoms with E-state index in [4.69, 9.17) is 23.2 Å². The molecule has 2 N–H and O–H groups in total. The zero-order valence-corrected chi connectivity index (χ0v) is 16.4. The summed E-state index contributed by atoms with van der Waals surface area (Å²) in [4.78, 5) is 8.01. The highest BCUT2D eigenvalue weighted by Crippen LogP contribution is 2.42. The molecule has 0 bridgehead atoms. The van der Waals surface area contributed by atoms with Crippen molar-refractivity contribution in [1.29, 1.82) is 0 Å². The van der Waals surface area contributed by atoms with Crippen LogP contribution < -0.4 is 0 Å². The Morgan fingerprint density at radius 1 is 1.23 bits per heavy atom. The van der Waals surface area contributed by atoms with E-state index in [1.54, 1.807) is 13.0 Å². The average Bonchev–Trinajstić information content (AvgIpc) is 3.11. The molecule has 1 aliphatic rings. The van der Waals surface area contributed by atoms with E-state index in [-0.39, 0.29) is 18.0 Å². The molecule has 1 aromatic carbocycles. The summed E-state index contributed by atoms with van der Waals surface area (Å²) in [6, 6.07) is 5.32. The van der Waals surface area contributed by atoms with Crippen molar-refractivity contribution in [2.24, 2.45) is 0 Å². The summed E-state index contributed by atoms with van der Waals surface area (Å²) in [7, 11) is 0.